The molecular weight excluding hydrogens is 301 g/mol. The summed E-state index contributed by atoms with van der Waals surface area (Å²) in [7, 11) is 0. The number of aliphatic carboxylic acids is 1. The van der Waals surface area contributed by atoms with Crippen molar-refractivity contribution in [1.82, 2.24) is 14.7 Å². The van der Waals surface area contributed by atoms with E-state index < -0.39 is 11.4 Å². The summed E-state index contributed by atoms with van der Waals surface area (Å²) in [5.41, 5.74) is -0.189. The van der Waals surface area contributed by atoms with Gasteiger partial charge >= 0.3 is 5.97 Å². The van der Waals surface area contributed by atoms with Crippen LogP contribution in [0.25, 0.3) is 5.69 Å². The summed E-state index contributed by atoms with van der Waals surface area (Å²) in [6, 6.07) is 7.44. The molecule has 2 heterocycles. The van der Waals surface area contributed by atoms with Gasteiger partial charge in [0.15, 0.2) is 5.69 Å². The van der Waals surface area contributed by atoms with Crippen LogP contribution in [-0.4, -0.2) is 44.8 Å². The number of halogens is 1. The summed E-state index contributed by atoms with van der Waals surface area (Å²) in [6.45, 7) is 2.18. The summed E-state index contributed by atoms with van der Waals surface area (Å²) in [5.74, 6) is -1.61. The van der Waals surface area contributed by atoms with Crippen LogP contribution in [0.1, 0.15) is 23.8 Å². The Labute approximate surface area is 132 Å². The van der Waals surface area contributed by atoms with Gasteiger partial charge in [0.2, 0.25) is 0 Å². The molecule has 1 saturated heterocycles. The van der Waals surface area contributed by atoms with Crippen LogP contribution in [0.5, 0.6) is 0 Å². The predicted octanol–water partition coefficient (Wildman–Crippen LogP) is 1.95. The molecule has 0 aliphatic carbocycles. The standard InChI is InChI=1S/C16H16FN3O3/c1-16(15(22)23)6-8-19(10-16)14(21)13-5-7-20(18-13)12-4-2-3-11(17)9-12/h2-5,7,9H,6,8,10H2,1H3,(H,22,23)/t16-/m0/s1. The minimum absolute atomic E-state index is 0.161. The van der Waals surface area contributed by atoms with Gasteiger partial charge in [0.25, 0.3) is 5.91 Å². The Bertz CT molecular complexity index is 773. The number of carbonyl (C=O) groups excluding carboxylic acids is 1. The van der Waals surface area contributed by atoms with Crippen molar-refractivity contribution in [3.05, 3.63) is 48.0 Å². The topological polar surface area (TPSA) is 75.4 Å². The molecule has 1 N–H and O–H groups in total. The second-order valence-corrected chi connectivity index (χ2v) is 5.97. The van der Waals surface area contributed by atoms with Crippen molar-refractivity contribution in [1.29, 1.82) is 0 Å². The SMILES string of the molecule is C[C@]1(C(=O)O)CCN(C(=O)c2ccn(-c3cccc(F)c3)n2)C1. The zero-order valence-electron chi connectivity index (χ0n) is 12.6. The lowest BCUT2D eigenvalue weighted by Gasteiger charge is -2.19. The third-order valence-corrected chi connectivity index (χ3v) is 4.16. The zero-order chi connectivity index (χ0) is 16.6. The van der Waals surface area contributed by atoms with Crippen LogP contribution < -0.4 is 0 Å². The first-order valence-electron chi connectivity index (χ1n) is 7.23. The Morgan fingerprint density at radius 1 is 1.35 bits per heavy atom. The monoisotopic (exact) mass is 317 g/mol. The molecule has 1 aromatic carbocycles. The van der Waals surface area contributed by atoms with Crippen molar-refractivity contribution in [3.8, 4) is 5.69 Å². The Balaban J connectivity index is 1.79. The van der Waals surface area contributed by atoms with E-state index in [2.05, 4.69) is 5.10 Å². The number of rotatable bonds is 3. The number of aromatic nitrogens is 2. The molecule has 1 fully saturated rings. The van der Waals surface area contributed by atoms with Gasteiger partial charge in [-0.25, -0.2) is 9.07 Å². The Morgan fingerprint density at radius 2 is 2.13 bits per heavy atom. The third-order valence-electron chi connectivity index (χ3n) is 4.16. The molecule has 1 atom stereocenters. The van der Waals surface area contributed by atoms with E-state index in [1.54, 1.807) is 31.3 Å². The number of likely N-dealkylation sites (tertiary alicyclic amines) is 1. The number of hydrogen-bond acceptors (Lipinski definition) is 3. The van der Waals surface area contributed by atoms with E-state index in [-0.39, 0.29) is 24.0 Å². The number of carboxylic acid groups (broad SMARTS) is 1. The molecule has 0 spiro atoms. The largest absolute Gasteiger partial charge is 0.481 e. The molecule has 23 heavy (non-hydrogen) atoms. The van der Waals surface area contributed by atoms with Gasteiger partial charge in [0.05, 0.1) is 11.1 Å². The first-order chi connectivity index (χ1) is 10.9. The summed E-state index contributed by atoms with van der Waals surface area (Å²) in [5, 5.41) is 13.4. The average Bonchev–Trinajstić information content (AvgIpc) is 3.14. The molecular formula is C16H16FN3O3. The van der Waals surface area contributed by atoms with Gasteiger partial charge in [-0.05, 0) is 37.6 Å². The van der Waals surface area contributed by atoms with Crippen molar-refractivity contribution < 1.29 is 19.1 Å². The van der Waals surface area contributed by atoms with E-state index in [1.807, 2.05) is 0 Å². The summed E-state index contributed by atoms with van der Waals surface area (Å²) in [6.07, 6.45) is 1.99. The molecule has 120 valence electrons. The molecule has 3 rings (SSSR count). The van der Waals surface area contributed by atoms with E-state index in [1.165, 1.54) is 21.7 Å². The van der Waals surface area contributed by atoms with Crippen LogP contribution >= 0.6 is 0 Å². The lowest BCUT2D eigenvalue weighted by atomic mass is 9.90. The van der Waals surface area contributed by atoms with Crippen molar-refractivity contribution >= 4 is 11.9 Å². The fourth-order valence-corrected chi connectivity index (χ4v) is 2.67. The number of carboxylic acids is 1. The summed E-state index contributed by atoms with van der Waals surface area (Å²) in [4.78, 5) is 25.2. The van der Waals surface area contributed by atoms with Crippen LogP contribution in [0.4, 0.5) is 4.39 Å². The Kier molecular flexibility index (Phi) is 3.63. The summed E-state index contributed by atoms with van der Waals surface area (Å²) >= 11 is 0. The molecule has 1 amide bonds. The second-order valence-electron chi connectivity index (χ2n) is 5.97. The van der Waals surface area contributed by atoms with Crippen molar-refractivity contribution in [2.24, 2.45) is 5.41 Å². The molecule has 6 nitrogen and oxygen atoms in total. The number of hydrogen-bond donors (Lipinski definition) is 1. The third kappa shape index (κ3) is 2.81. The number of nitrogens with zero attached hydrogens (tertiary/aromatic N) is 3. The van der Waals surface area contributed by atoms with E-state index in [9.17, 15) is 19.1 Å². The van der Waals surface area contributed by atoms with Crippen molar-refractivity contribution in [3.63, 3.8) is 0 Å². The van der Waals surface area contributed by atoms with Crippen LogP contribution in [0.3, 0.4) is 0 Å². The minimum Gasteiger partial charge on any atom is -0.481 e. The van der Waals surface area contributed by atoms with E-state index >= 15 is 0 Å². The van der Waals surface area contributed by atoms with E-state index in [0.29, 0.717) is 18.7 Å². The quantitative estimate of drug-likeness (QED) is 0.939. The minimum atomic E-state index is -0.916. The second kappa shape index (κ2) is 5.49. The predicted molar refractivity (Wildman–Crippen MR) is 79.8 cm³/mol. The van der Waals surface area contributed by atoms with Crippen LogP contribution in [0.15, 0.2) is 36.5 Å². The van der Waals surface area contributed by atoms with Crippen LogP contribution in [0, 0.1) is 11.2 Å². The van der Waals surface area contributed by atoms with E-state index in [0.717, 1.165) is 0 Å². The van der Waals surface area contributed by atoms with Gasteiger partial charge in [-0.1, -0.05) is 6.07 Å². The highest BCUT2D eigenvalue weighted by molar-refractivity contribution is 5.93. The van der Waals surface area contributed by atoms with Crippen molar-refractivity contribution in [2.75, 3.05) is 13.1 Å². The summed E-state index contributed by atoms with van der Waals surface area (Å²) < 4.78 is 14.7. The fraction of sp³-hybridized carbons (Fsp3) is 0.312. The van der Waals surface area contributed by atoms with Crippen molar-refractivity contribution in [2.45, 2.75) is 13.3 Å². The van der Waals surface area contributed by atoms with Gasteiger partial charge in [-0.2, -0.15) is 5.10 Å². The Hall–Kier alpha value is -2.70. The first-order valence-corrected chi connectivity index (χ1v) is 7.23. The molecule has 0 radical (unpaired) electrons. The van der Waals surface area contributed by atoms with Gasteiger partial charge in [-0.3, -0.25) is 9.59 Å². The molecule has 0 saturated carbocycles. The molecule has 1 aliphatic heterocycles. The number of benzene rings is 1. The smallest absolute Gasteiger partial charge is 0.311 e. The van der Waals surface area contributed by atoms with E-state index in [4.69, 9.17) is 0 Å². The lowest BCUT2D eigenvalue weighted by molar-refractivity contribution is -0.147. The average molecular weight is 317 g/mol. The zero-order valence-corrected chi connectivity index (χ0v) is 12.6. The van der Waals surface area contributed by atoms with Gasteiger partial charge < -0.3 is 10.0 Å². The van der Waals surface area contributed by atoms with Crippen LogP contribution in [-0.2, 0) is 4.79 Å². The molecule has 1 aromatic heterocycles. The number of carbonyl (C=O) groups is 2. The van der Waals surface area contributed by atoms with Gasteiger partial charge in [-0.15, -0.1) is 0 Å². The normalized spacial score (nSPS) is 20.7. The highest BCUT2D eigenvalue weighted by Gasteiger charge is 2.42. The molecule has 0 unspecified atom stereocenters. The highest BCUT2D eigenvalue weighted by Crippen LogP contribution is 2.30. The van der Waals surface area contributed by atoms with Gasteiger partial charge in [0.1, 0.15) is 5.82 Å². The molecule has 1 aliphatic rings. The molecule has 2 aromatic rings. The highest BCUT2D eigenvalue weighted by atomic mass is 19.1. The molecule has 7 heteroatoms. The maximum Gasteiger partial charge on any atom is 0.311 e. The van der Waals surface area contributed by atoms with Crippen LogP contribution in [0.2, 0.25) is 0 Å². The fourth-order valence-electron chi connectivity index (χ4n) is 2.67. The maximum absolute atomic E-state index is 13.3. The van der Waals surface area contributed by atoms with Gasteiger partial charge in [0, 0.05) is 19.3 Å². The maximum atomic E-state index is 13.3. The number of amides is 1. The molecule has 0 bridgehead atoms. The Morgan fingerprint density at radius 3 is 2.78 bits per heavy atom. The lowest BCUT2D eigenvalue weighted by Crippen LogP contribution is -2.35. The first kappa shape index (κ1) is 15.2.